The standard InChI is InChI=1S/C17H16N4O4S/c1-10-5-6-12(8-11(10)2)16-20-21-17(25-16)26-9-14(22)18-19-15(23)13-4-3-7-24-13/h3-8H,9H2,1-2H3,(H,18,22)(H,19,23). The van der Waals surface area contributed by atoms with Gasteiger partial charge in [-0.2, -0.15) is 0 Å². The Morgan fingerprint density at radius 1 is 1.12 bits per heavy atom. The Morgan fingerprint density at radius 2 is 1.96 bits per heavy atom. The zero-order valence-electron chi connectivity index (χ0n) is 14.1. The molecule has 3 rings (SSSR count). The monoisotopic (exact) mass is 372 g/mol. The molecule has 0 aliphatic heterocycles. The summed E-state index contributed by atoms with van der Waals surface area (Å²) in [5.41, 5.74) is 7.66. The SMILES string of the molecule is Cc1ccc(-c2nnc(SCC(=O)NNC(=O)c3ccco3)o2)cc1C. The molecule has 0 bridgehead atoms. The van der Waals surface area contributed by atoms with E-state index in [0.717, 1.165) is 22.9 Å². The summed E-state index contributed by atoms with van der Waals surface area (Å²) < 4.78 is 10.5. The molecule has 2 heterocycles. The number of benzene rings is 1. The van der Waals surface area contributed by atoms with Crippen LogP contribution in [0.5, 0.6) is 0 Å². The Kier molecular flexibility index (Phi) is 5.37. The lowest BCUT2D eigenvalue weighted by Gasteiger charge is -2.04. The summed E-state index contributed by atoms with van der Waals surface area (Å²) in [5, 5.41) is 8.18. The van der Waals surface area contributed by atoms with E-state index in [2.05, 4.69) is 21.0 Å². The Labute approximate surface area is 153 Å². The van der Waals surface area contributed by atoms with Crippen LogP contribution >= 0.6 is 11.8 Å². The van der Waals surface area contributed by atoms with Crippen LogP contribution in [-0.2, 0) is 4.79 Å². The zero-order valence-corrected chi connectivity index (χ0v) is 14.9. The van der Waals surface area contributed by atoms with Gasteiger partial charge in [0.1, 0.15) is 0 Å². The molecule has 0 unspecified atom stereocenters. The van der Waals surface area contributed by atoms with Crippen molar-refractivity contribution >= 4 is 23.6 Å². The molecular formula is C17H16N4O4S. The first-order valence-electron chi connectivity index (χ1n) is 7.69. The van der Waals surface area contributed by atoms with E-state index in [1.54, 1.807) is 6.07 Å². The van der Waals surface area contributed by atoms with Gasteiger partial charge in [0.05, 0.1) is 12.0 Å². The van der Waals surface area contributed by atoms with Crippen molar-refractivity contribution in [2.45, 2.75) is 19.1 Å². The highest BCUT2D eigenvalue weighted by molar-refractivity contribution is 7.99. The van der Waals surface area contributed by atoms with Crippen molar-refractivity contribution in [3.63, 3.8) is 0 Å². The number of rotatable bonds is 5. The van der Waals surface area contributed by atoms with E-state index in [1.807, 2.05) is 32.0 Å². The van der Waals surface area contributed by atoms with Gasteiger partial charge in [0.25, 0.3) is 5.22 Å². The summed E-state index contributed by atoms with van der Waals surface area (Å²) in [6, 6.07) is 8.92. The topological polar surface area (TPSA) is 110 Å². The van der Waals surface area contributed by atoms with Crippen LogP contribution in [0, 0.1) is 13.8 Å². The molecule has 0 spiro atoms. The highest BCUT2D eigenvalue weighted by atomic mass is 32.2. The van der Waals surface area contributed by atoms with Crippen molar-refractivity contribution in [2.75, 3.05) is 5.75 Å². The van der Waals surface area contributed by atoms with Crippen LogP contribution in [0.25, 0.3) is 11.5 Å². The van der Waals surface area contributed by atoms with Crippen molar-refractivity contribution in [1.82, 2.24) is 21.0 Å². The first-order chi connectivity index (χ1) is 12.5. The molecule has 26 heavy (non-hydrogen) atoms. The summed E-state index contributed by atoms with van der Waals surface area (Å²) in [4.78, 5) is 23.4. The third-order valence-corrected chi connectivity index (χ3v) is 4.37. The predicted molar refractivity (Wildman–Crippen MR) is 94.2 cm³/mol. The quantitative estimate of drug-likeness (QED) is 0.523. The second-order valence-corrected chi connectivity index (χ2v) is 6.37. The molecule has 0 saturated carbocycles. The first kappa shape index (κ1) is 17.7. The minimum absolute atomic E-state index is 0.00694. The van der Waals surface area contributed by atoms with Gasteiger partial charge < -0.3 is 8.83 Å². The highest BCUT2D eigenvalue weighted by Gasteiger charge is 2.13. The van der Waals surface area contributed by atoms with E-state index < -0.39 is 11.8 Å². The third kappa shape index (κ3) is 4.31. The normalized spacial score (nSPS) is 10.5. The van der Waals surface area contributed by atoms with Gasteiger partial charge in [-0.05, 0) is 49.2 Å². The van der Waals surface area contributed by atoms with E-state index in [0.29, 0.717) is 5.89 Å². The fourth-order valence-electron chi connectivity index (χ4n) is 2.02. The number of carbonyl (C=O) groups excluding carboxylic acids is 2. The number of nitrogens with zero attached hydrogens (tertiary/aromatic N) is 2. The van der Waals surface area contributed by atoms with E-state index in [9.17, 15) is 9.59 Å². The van der Waals surface area contributed by atoms with Crippen LogP contribution in [0.1, 0.15) is 21.7 Å². The summed E-state index contributed by atoms with van der Waals surface area (Å²) in [5.74, 6) is -0.452. The van der Waals surface area contributed by atoms with Gasteiger partial charge in [-0.3, -0.25) is 20.4 Å². The predicted octanol–water partition coefficient (Wildman–Crippen LogP) is 2.50. The van der Waals surface area contributed by atoms with Crippen LogP contribution in [0.2, 0.25) is 0 Å². The van der Waals surface area contributed by atoms with E-state index in [4.69, 9.17) is 8.83 Å². The molecule has 1 aromatic carbocycles. The molecule has 8 nitrogen and oxygen atoms in total. The molecule has 134 valence electrons. The molecule has 0 aliphatic carbocycles. The van der Waals surface area contributed by atoms with Gasteiger partial charge >= 0.3 is 5.91 Å². The number of aryl methyl sites for hydroxylation is 2. The van der Waals surface area contributed by atoms with Crippen molar-refractivity contribution in [3.05, 3.63) is 53.5 Å². The number of amides is 2. The van der Waals surface area contributed by atoms with Crippen LogP contribution in [0.3, 0.4) is 0 Å². The van der Waals surface area contributed by atoms with Gasteiger partial charge in [0.15, 0.2) is 5.76 Å². The molecule has 9 heteroatoms. The molecule has 0 fully saturated rings. The molecule has 2 amide bonds. The van der Waals surface area contributed by atoms with Gasteiger partial charge in [0, 0.05) is 5.56 Å². The van der Waals surface area contributed by atoms with E-state index >= 15 is 0 Å². The van der Waals surface area contributed by atoms with Crippen LogP contribution in [0.15, 0.2) is 50.7 Å². The fraction of sp³-hybridized carbons (Fsp3) is 0.176. The van der Waals surface area contributed by atoms with Crippen LogP contribution in [0.4, 0.5) is 0 Å². The van der Waals surface area contributed by atoms with E-state index in [-0.39, 0.29) is 16.7 Å². The second-order valence-electron chi connectivity index (χ2n) is 5.44. The molecule has 2 N–H and O–H groups in total. The lowest BCUT2D eigenvalue weighted by molar-refractivity contribution is -0.119. The molecule has 3 aromatic rings. The lowest BCUT2D eigenvalue weighted by atomic mass is 10.1. The maximum atomic E-state index is 11.8. The average Bonchev–Trinajstić information content (AvgIpc) is 3.32. The number of hydrazine groups is 1. The van der Waals surface area contributed by atoms with Gasteiger partial charge in [-0.25, -0.2) is 0 Å². The Hall–Kier alpha value is -3.07. The Morgan fingerprint density at radius 3 is 2.69 bits per heavy atom. The molecular weight excluding hydrogens is 356 g/mol. The fourth-order valence-corrected chi connectivity index (χ4v) is 2.58. The van der Waals surface area contributed by atoms with Crippen molar-refractivity contribution in [2.24, 2.45) is 0 Å². The van der Waals surface area contributed by atoms with Crippen molar-refractivity contribution in [1.29, 1.82) is 0 Å². The van der Waals surface area contributed by atoms with Crippen LogP contribution < -0.4 is 10.9 Å². The van der Waals surface area contributed by atoms with Gasteiger partial charge in [0.2, 0.25) is 11.8 Å². The molecule has 0 radical (unpaired) electrons. The third-order valence-electron chi connectivity index (χ3n) is 3.55. The number of aromatic nitrogens is 2. The summed E-state index contributed by atoms with van der Waals surface area (Å²) in [6.45, 7) is 4.03. The average molecular weight is 372 g/mol. The number of carbonyl (C=O) groups is 2. The Bertz CT molecular complexity index is 921. The smallest absolute Gasteiger partial charge is 0.305 e. The zero-order chi connectivity index (χ0) is 18.5. The number of furan rings is 1. The van der Waals surface area contributed by atoms with Crippen molar-refractivity contribution in [3.8, 4) is 11.5 Å². The minimum Gasteiger partial charge on any atom is -0.459 e. The number of nitrogens with one attached hydrogen (secondary N) is 2. The molecule has 0 aliphatic rings. The maximum absolute atomic E-state index is 11.8. The van der Waals surface area contributed by atoms with Crippen molar-refractivity contribution < 1.29 is 18.4 Å². The summed E-state index contributed by atoms with van der Waals surface area (Å²) >= 11 is 1.07. The maximum Gasteiger partial charge on any atom is 0.305 e. The van der Waals surface area contributed by atoms with E-state index in [1.165, 1.54) is 17.9 Å². The highest BCUT2D eigenvalue weighted by Crippen LogP contribution is 2.24. The molecule has 0 saturated heterocycles. The minimum atomic E-state index is -0.539. The lowest BCUT2D eigenvalue weighted by Crippen LogP contribution is -2.42. The summed E-state index contributed by atoms with van der Waals surface area (Å²) in [6.07, 6.45) is 1.37. The van der Waals surface area contributed by atoms with Gasteiger partial charge in [-0.1, -0.05) is 17.8 Å². The van der Waals surface area contributed by atoms with Gasteiger partial charge in [-0.15, -0.1) is 10.2 Å². The summed E-state index contributed by atoms with van der Waals surface area (Å²) in [7, 11) is 0. The second kappa shape index (κ2) is 7.87. The molecule has 0 atom stereocenters. The number of hydrogen-bond acceptors (Lipinski definition) is 7. The number of thioether (sulfide) groups is 1. The first-order valence-corrected chi connectivity index (χ1v) is 8.68. The molecule has 2 aromatic heterocycles. The Balaban J connectivity index is 1.50. The number of hydrogen-bond donors (Lipinski definition) is 2. The largest absolute Gasteiger partial charge is 0.459 e. The van der Waals surface area contributed by atoms with Crippen LogP contribution in [-0.4, -0.2) is 27.8 Å².